The van der Waals surface area contributed by atoms with Crippen molar-refractivity contribution in [3.63, 3.8) is 0 Å². The van der Waals surface area contributed by atoms with Gasteiger partial charge >= 0.3 is 0 Å². The van der Waals surface area contributed by atoms with Crippen molar-refractivity contribution in [2.45, 2.75) is 25.9 Å². The zero-order chi connectivity index (χ0) is 23.9. The van der Waals surface area contributed by atoms with Crippen LogP contribution in [0.25, 0.3) is 0 Å². The average Bonchev–Trinajstić information content (AvgIpc) is 2.77. The van der Waals surface area contributed by atoms with Gasteiger partial charge in [0, 0.05) is 18.6 Å². The van der Waals surface area contributed by atoms with E-state index in [1.165, 1.54) is 31.2 Å². The Labute approximate surface area is 194 Å². The Morgan fingerprint density at radius 2 is 1.81 bits per heavy atom. The van der Waals surface area contributed by atoms with E-state index in [1.807, 2.05) is 6.07 Å². The summed E-state index contributed by atoms with van der Waals surface area (Å²) in [4.78, 5) is 27.3. The standard InChI is InChI=1S/C22H28ClN3O5S/c1-5-20(22(28)24-2)25(14-16-7-6-8-19(13-16)31-3)21(27)15-26(32(4,29)30)18-11-9-17(23)10-12-18/h6-13,20H,5,14-15H2,1-4H3,(H,24,28)/t20-/m1/s1. The predicted molar refractivity (Wildman–Crippen MR) is 125 cm³/mol. The maximum atomic E-state index is 13.4. The molecule has 0 unspecified atom stereocenters. The zero-order valence-corrected chi connectivity index (χ0v) is 20.1. The van der Waals surface area contributed by atoms with Crippen LogP contribution in [0, 0.1) is 0 Å². The van der Waals surface area contributed by atoms with Crippen LogP contribution in [-0.2, 0) is 26.2 Å². The molecule has 10 heteroatoms. The molecule has 0 aliphatic carbocycles. The Morgan fingerprint density at radius 3 is 2.34 bits per heavy atom. The van der Waals surface area contributed by atoms with Crippen molar-refractivity contribution in [3.05, 3.63) is 59.1 Å². The van der Waals surface area contributed by atoms with E-state index in [4.69, 9.17) is 16.3 Å². The number of likely N-dealkylation sites (N-methyl/N-ethyl adjacent to an activating group) is 1. The number of nitrogens with zero attached hydrogens (tertiary/aromatic N) is 2. The van der Waals surface area contributed by atoms with Crippen LogP contribution in [0.4, 0.5) is 5.69 Å². The van der Waals surface area contributed by atoms with E-state index in [0.29, 0.717) is 22.9 Å². The molecular formula is C22H28ClN3O5S. The summed E-state index contributed by atoms with van der Waals surface area (Å²) in [6.45, 7) is 1.44. The number of sulfonamides is 1. The van der Waals surface area contributed by atoms with Gasteiger partial charge in [0.1, 0.15) is 18.3 Å². The van der Waals surface area contributed by atoms with Crippen LogP contribution in [-0.4, -0.2) is 58.1 Å². The third kappa shape index (κ3) is 6.61. The largest absolute Gasteiger partial charge is 0.497 e. The first-order valence-electron chi connectivity index (χ1n) is 9.98. The second-order valence-corrected chi connectivity index (χ2v) is 9.50. The molecule has 2 rings (SSSR count). The van der Waals surface area contributed by atoms with Crippen LogP contribution in [0.5, 0.6) is 5.75 Å². The third-order valence-electron chi connectivity index (χ3n) is 4.91. The SMILES string of the molecule is CC[C@H](C(=O)NC)N(Cc1cccc(OC)c1)C(=O)CN(c1ccc(Cl)cc1)S(C)(=O)=O. The van der Waals surface area contributed by atoms with E-state index < -0.39 is 28.5 Å². The van der Waals surface area contributed by atoms with E-state index in [9.17, 15) is 18.0 Å². The van der Waals surface area contributed by atoms with E-state index >= 15 is 0 Å². The fourth-order valence-electron chi connectivity index (χ4n) is 3.27. The number of carbonyl (C=O) groups excluding carboxylic acids is 2. The number of hydrogen-bond acceptors (Lipinski definition) is 5. The smallest absolute Gasteiger partial charge is 0.244 e. The van der Waals surface area contributed by atoms with Crippen molar-refractivity contribution in [2.24, 2.45) is 0 Å². The molecule has 0 heterocycles. The highest BCUT2D eigenvalue weighted by atomic mass is 35.5. The quantitative estimate of drug-likeness (QED) is 0.562. The molecule has 0 aromatic heterocycles. The number of methoxy groups -OCH3 is 1. The zero-order valence-electron chi connectivity index (χ0n) is 18.5. The van der Waals surface area contributed by atoms with Crippen molar-refractivity contribution < 1.29 is 22.7 Å². The lowest BCUT2D eigenvalue weighted by molar-refractivity contribution is -0.140. The van der Waals surface area contributed by atoms with Crippen molar-refractivity contribution in [1.82, 2.24) is 10.2 Å². The van der Waals surface area contributed by atoms with E-state index in [-0.39, 0.29) is 12.5 Å². The monoisotopic (exact) mass is 481 g/mol. The number of halogens is 1. The first kappa shape index (κ1) is 25.5. The lowest BCUT2D eigenvalue weighted by Crippen LogP contribution is -2.51. The summed E-state index contributed by atoms with van der Waals surface area (Å²) in [7, 11) is -0.744. The Bertz CT molecular complexity index is 1040. The van der Waals surface area contributed by atoms with Crippen molar-refractivity contribution in [3.8, 4) is 5.75 Å². The highest BCUT2D eigenvalue weighted by Gasteiger charge is 2.31. The fraction of sp³-hybridized carbons (Fsp3) is 0.364. The minimum absolute atomic E-state index is 0.111. The molecule has 0 aliphatic heterocycles. The summed E-state index contributed by atoms with van der Waals surface area (Å²) in [5, 5.41) is 3.02. The van der Waals surface area contributed by atoms with E-state index in [1.54, 1.807) is 37.3 Å². The van der Waals surface area contributed by atoms with Gasteiger partial charge in [-0.1, -0.05) is 30.7 Å². The van der Waals surface area contributed by atoms with Crippen molar-refractivity contribution in [2.75, 3.05) is 31.3 Å². The summed E-state index contributed by atoms with van der Waals surface area (Å²) in [6.07, 6.45) is 1.38. The first-order valence-corrected chi connectivity index (χ1v) is 12.2. The number of anilines is 1. The molecule has 0 saturated carbocycles. The molecule has 2 aromatic carbocycles. The van der Waals surface area contributed by atoms with Gasteiger partial charge in [-0.25, -0.2) is 8.42 Å². The molecule has 0 radical (unpaired) electrons. The number of amides is 2. The van der Waals surface area contributed by atoms with Gasteiger partial charge in [0.25, 0.3) is 0 Å². The summed E-state index contributed by atoms with van der Waals surface area (Å²) in [5.41, 5.74) is 1.05. The molecule has 0 fully saturated rings. The van der Waals surface area contributed by atoms with Crippen LogP contribution in [0.15, 0.2) is 48.5 Å². The van der Waals surface area contributed by atoms with Gasteiger partial charge in [0.15, 0.2) is 0 Å². The molecule has 174 valence electrons. The lowest BCUT2D eigenvalue weighted by Gasteiger charge is -2.32. The highest BCUT2D eigenvalue weighted by molar-refractivity contribution is 7.92. The second-order valence-electron chi connectivity index (χ2n) is 7.16. The van der Waals surface area contributed by atoms with E-state index in [0.717, 1.165) is 16.1 Å². The second kappa shape index (κ2) is 11.2. The van der Waals surface area contributed by atoms with Crippen molar-refractivity contribution in [1.29, 1.82) is 0 Å². The van der Waals surface area contributed by atoms with Crippen LogP contribution < -0.4 is 14.4 Å². The Morgan fingerprint density at radius 1 is 1.16 bits per heavy atom. The first-order chi connectivity index (χ1) is 15.1. The Hall–Kier alpha value is -2.78. The van der Waals surface area contributed by atoms with Gasteiger partial charge in [-0.05, 0) is 48.4 Å². The topological polar surface area (TPSA) is 96.0 Å². The molecule has 0 saturated heterocycles. The van der Waals surface area contributed by atoms with Gasteiger partial charge in [0.05, 0.1) is 19.1 Å². The lowest BCUT2D eigenvalue weighted by atomic mass is 10.1. The minimum Gasteiger partial charge on any atom is -0.497 e. The van der Waals surface area contributed by atoms with Gasteiger partial charge in [-0.3, -0.25) is 13.9 Å². The number of carbonyl (C=O) groups is 2. The summed E-state index contributed by atoms with van der Waals surface area (Å²) >= 11 is 5.92. The number of hydrogen-bond donors (Lipinski definition) is 1. The van der Waals surface area contributed by atoms with E-state index in [2.05, 4.69) is 5.32 Å². The molecule has 1 N–H and O–H groups in total. The van der Waals surface area contributed by atoms with Gasteiger partial charge in [-0.2, -0.15) is 0 Å². The van der Waals surface area contributed by atoms with Gasteiger partial charge < -0.3 is 15.0 Å². The molecule has 2 aromatic rings. The molecule has 1 atom stereocenters. The maximum absolute atomic E-state index is 13.4. The van der Waals surface area contributed by atoms with Crippen molar-refractivity contribution >= 4 is 39.1 Å². The number of ether oxygens (including phenoxy) is 1. The summed E-state index contributed by atoms with van der Waals surface area (Å²) in [6, 6.07) is 12.5. The van der Waals surface area contributed by atoms with Gasteiger partial charge in [0.2, 0.25) is 21.8 Å². The molecule has 0 bridgehead atoms. The van der Waals surface area contributed by atoms with Crippen LogP contribution in [0.1, 0.15) is 18.9 Å². The normalized spacial score (nSPS) is 12.0. The molecular weight excluding hydrogens is 454 g/mol. The molecule has 2 amide bonds. The summed E-state index contributed by atoms with van der Waals surface area (Å²) in [5.74, 6) is -0.230. The predicted octanol–water partition coefficient (Wildman–Crippen LogP) is 2.67. The fourth-order valence-corrected chi connectivity index (χ4v) is 4.25. The van der Waals surface area contributed by atoms with Crippen LogP contribution in [0.2, 0.25) is 5.02 Å². The number of benzene rings is 2. The third-order valence-corrected chi connectivity index (χ3v) is 6.31. The highest BCUT2D eigenvalue weighted by Crippen LogP contribution is 2.22. The molecule has 32 heavy (non-hydrogen) atoms. The molecule has 8 nitrogen and oxygen atoms in total. The molecule has 0 aliphatic rings. The minimum atomic E-state index is -3.78. The number of rotatable bonds is 10. The Kier molecular flexibility index (Phi) is 8.91. The van der Waals surface area contributed by atoms with Crippen LogP contribution >= 0.6 is 11.6 Å². The van der Waals surface area contributed by atoms with Gasteiger partial charge in [-0.15, -0.1) is 0 Å². The maximum Gasteiger partial charge on any atom is 0.244 e. The summed E-state index contributed by atoms with van der Waals surface area (Å²) < 4.78 is 31.2. The Balaban J connectivity index is 2.42. The molecule has 0 spiro atoms. The number of nitrogens with one attached hydrogen (secondary N) is 1. The van der Waals surface area contributed by atoms with Crippen LogP contribution in [0.3, 0.4) is 0 Å². The average molecular weight is 482 g/mol.